The van der Waals surface area contributed by atoms with Crippen LogP contribution in [0.2, 0.25) is 0 Å². The average Bonchev–Trinajstić information content (AvgIpc) is 3.34. The van der Waals surface area contributed by atoms with Crippen LogP contribution in [-0.2, 0) is 44.8 Å². The predicted octanol–water partition coefficient (Wildman–Crippen LogP) is -1.72. The van der Waals surface area contributed by atoms with Gasteiger partial charge in [-0.25, -0.2) is 9.80 Å². The summed E-state index contributed by atoms with van der Waals surface area (Å²) in [6.45, 7) is 8.32. The molecule has 1 fully saturated rings. The van der Waals surface area contributed by atoms with Crippen LogP contribution in [0, 0.1) is 11.8 Å². The van der Waals surface area contributed by atoms with Gasteiger partial charge in [-0.1, -0.05) is 97.1 Å². The molecule has 8 atom stereocenters. The number of nitrogens with two attached hydrogens (primary N) is 4. The Morgan fingerprint density at radius 3 is 1.61 bits per heavy atom. The Balaban J connectivity index is 2.68. The lowest BCUT2D eigenvalue weighted by Crippen LogP contribution is -2.62. The fraction of sp³-hybridized carbons (Fsp3) is 0.700. The van der Waals surface area contributed by atoms with Crippen molar-refractivity contribution in [1.29, 1.82) is 0 Å². The van der Waals surface area contributed by atoms with Crippen LogP contribution >= 0.6 is 0 Å². The Kier molecular flexibility index (Phi) is 30.6. The van der Waals surface area contributed by atoms with Crippen LogP contribution in [0.25, 0.3) is 0 Å². The molecule has 0 unspecified atom stereocenters. The number of nitrogens with one attached hydrogen (secondary N) is 9. The molecule has 1 aliphatic heterocycles. The molecule has 0 saturated carbocycles. The molecule has 18 N–H and O–H groups in total. The highest BCUT2D eigenvalue weighted by molar-refractivity contribution is 5.97. The van der Waals surface area contributed by atoms with E-state index in [9.17, 15) is 48.3 Å². The van der Waals surface area contributed by atoms with Gasteiger partial charge in [-0.3, -0.25) is 43.8 Å². The molecule has 1 aromatic rings. The van der Waals surface area contributed by atoms with Crippen LogP contribution in [0.1, 0.15) is 124 Å². The Morgan fingerprint density at radius 2 is 1.09 bits per heavy atom. The van der Waals surface area contributed by atoms with Gasteiger partial charge in [-0.2, -0.15) is 0 Å². The number of rotatable bonds is 25. The number of carbonyl (C=O) groups excluding carboxylic acids is 9. The largest absolute Gasteiger partial charge is 0.393 e. The van der Waals surface area contributed by atoms with E-state index in [-0.39, 0.29) is 95.9 Å². The molecular weight excluding hydrogens is 957 g/mol. The number of amides is 10. The second kappa shape index (κ2) is 35.3. The standard InChI is InChI=1S/C50H88N14O10/c1-6-7-8-9-13-16-34(65)30-42(66)56-38(20-24-54)49(73)63-64-26-25-55-43(67)39(27-31(2)3)59-45(69)36(18-22-52)57-44(68)35(17-21-51)58-47(71)40(28-32(4)5)60-48(72)41(29-33-14-11-10-12-15-33)61-46(70)37(19-23-53)62-50(64)74/h10-12,14-15,31-32,34-41,65H,6-9,13,16-30,51-54H2,1-5H3,(H,55,67)(H,56,66)(H,57,68)(H,58,71)(H,59,69)(H,60,72)(H,61,70)(H,62,74)(H,63,73)/t34-,35+,36+,37+,38-,39+,40+,41-/m1/s1. The minimum atomic E-state index is -1.42. The molecule has 10 amide bonds. The van der Waals surface area contributed by atoms with Gasteiger partial charge in [-0.15, -0.1) is 0 Å². The van der Waals surface area contributed by atoms with Gasteiger partial charge in [-0.05, 0) is 88.5 Å². The zero-order valence-electron chi connectivity index (χ0n) is 44.2. The molecule has 2 rings (SSSR count). The summed E-state index contributed by atoms with van der Waals surface area (Å²) in [6.07, 6.45) is 3.71. The highest BCUT2D eigenvalue weighted by Crippen LogP contribution is 2.13. The maximum atomic E-state index is 14.3. The highest BCUT2D eigenvalue weighted by Gasteiger charge is 2.35. The second-order valence-electron chi connectivity index (χ2n) is 19.7. The van der Waals surface area contributed by atoms with Crippen molar-refractivity contribution in [1.82, 2.24) is 53.0 Å². The lowest BCUT2D eigenvalue weighted by Gasteiger charge is -2.30. The number of hydrogen-bond acceptors (Lipinski definition) is 14. The van der Waals surface area contributed by atoms with Gasteiger partial charge >= 0.3 is 6.03 Å². The Hall–Kier alpha value is -5.95. The quantitative estimate of drug-likeness (QED) is 0.0485. The van der Waals surface area contributed by atoms with Crippen molar-refractivity contribution in [2.75, 3.05) is 39.3 Å². The molecule has 1 saturated heterocycles. The molecule has 0 aliphatic carbocycles. The van der Waals surface area contributed by atoms with Crippen LogP contribution in [-0.4, -0.2) is 151 Å². The first-order valence-corrected chi connectivity index (χ1v) is 26.3. The van der Waals surface area contributed by atoms with E-state index in [4.69, 9.17) is 22.9 Å². The number of hydrazine groups is 1. The van der Waals surface area contributed by atoms with Gasteiger partial charge in [0.1, 0.15) is 42.3 Å². The van der Waals surface area contributed by atoms with E-state index in [1.54, 1.807) is 30.3 Å². The predicted molar refractivity (Wildman–Crippen MR) is 280 cm³/mol. The zero-order valence-corrected chi connectivity index (χ0v) is 44.2. The van der Waals surface area contributed by atoms with E-state index in [1.807, 2.05) is 27.7 Å². The topological polar surface area (TPSA) is 389 Å². The van der Waals surface area contributed by atoms with E-state index < -0.39 is 108 Å². The number of nitrogens with zero attached hydrogens (tertiary/aromatic N) is 1. The summed E-state index contributed by atoms with van der Waals surface area (Å²) in [5, 5.41) is 32.7. The summed E-state index contributed by atoms with van der Waals surface area (Å²) >= 11 is 0. The van der Waals surface area contributed by atoms with E-state index in [0.29, 0.717) is 12.0 Å². The second-order valence-corrected chi connectivity index (χ2v) is 19.7. The summed E-state index contributed by atoms with van der Waals surface area (Å²) in [7, 11) is 0. The summed E-state index contributed by atoms with van der Waals surface area (Å²) in [5.74, 6) is -6.38. The number of aliphatic hydroxyl groups is 1. The van der Waals surface area contributed by atoms with Crippen molar-refractivity contribution < 1.29 is 48.3 Å². The average molecular weight is 1050 g/mol. The SMILES string of the molecule is CCCCCCC[C@@H](O)CC(=O)N[C@H](CCN)C(=O)NN1CCNC(=O)[C@H](CC(C)C)NC(=O)[C@H](CCN)NC(=O)[C@H](CCN)NC(=O)[C@H](CC(C)C)NC(=O)[C@@H](Cc2ccccc2)NC(=O)[C@H](CCN)NC1=O. The van der Waals surface area contributed by atoms with Crippen LogP contribution in [0.3, 0.4) is 0 Å². The first-order valence-electron chi connectivity index (χ1n) is 26.3. The van der Waals surface area contributed by atoms with E-state index in [1.165, 1.54) is 0 Å². The van der Waals surface area contributed by atoms with E-state index in [2.05, 4.69) is 54.9 Å². The summed E-state index contributed by atoms with van der Waals surface area (Å²) in [6, 6.07) is -1.32. The Labute approximate surface area is 436 Å². The monoisotopic (exact) mass is 1040 g/mol. The minimum absolute atomic E-state index is 0.0496. The number of aliphatic hydroxyl groups excluding tert-OH is 1. The third-order valence-corrected chi connectivity index (χ3v) is 12.1. The third kappa shape index (κ3) is 24.4. The van der Waals surface area contributed by atoms with Gasteiger partial charge in [0.15, 0.2) is 0 Å². The lowest BCUT2D eigenvalue weighted by atomic mass is 10.00. The van der Waals surface area contributed by atoms with Gasteiger partial charge in [0.25, 0.3) is 5.91 Å². The zero-order chi connectivity index (χ0) is 55.2. The molecule has 24 nitrogen and oxygen atoms in total. The highest BCUT2D eigenvalue weighted by atomic mass is 16.3. The van der Waals surface area contributed by atoms with Crippen LogP contribution in [0.4, 0.5) is 4.79 Å². The Morgan fingerprint density at radius 1 is 0.622 bits per heavy atom. The number of hydrogen-bond donors (Lipinski definition) is 14. The fourth-order valence-corrected chi connectivity index (χ4v) is 8.18. The van der Waals surface area contributed by atoms with Gasteiger partial charge in [0, 0.05) is 13.0 Å². The van der Waals surface area contributed by atoms with Crippen molar-refractivity contribution in [2.24, 2.45) is 34.8 Å². The number of urea groups is 1. The molecule has 1 heterocycles. The van der Waals surface area contributed by atoms with Crippen molar-refractivity contribution in [3.8, 4) is 0 Å². The first-order chi connectivity index (χ1) is 35.3. The third-order valence-electron chi connectivity index (χ3n) is 12.1. The van der Waals surface area contributed by atoms with E-state index in [0.717, 1.165) is 37.1 Å². The molecule has 0 spiro atoms. The Bertz CT molecular complexity index is 1930. The van der Waals surface area contributed by atoms with Gasteiger partial charge in [0.05, 0.1) is 19.1 Å². The maximum Gasteiger partial charge on any atom is 0.336 e. The van der Waals surface area contributed by atoms with Crippen molar-refractivity contribution in [3.05, 3.63) is 35.9 Å². The van der Waals surface area contributed by atoms with Crippen LogP contribution in [0.15, 0.2) is 30.3 Å². The fourth-order valence-electron chi connectivity index (χ4n) is 8.18. The smallest absolute Gasteiger partial charge is 0.336 e. The molecule has 1 aliphatic rings. The van der Waals surface area contributed by atoms with Gasteiger partial charge in [0.2, 0.25) is 41.4 Å². The van der Waals surface area contributed by atoms with Crippen LogP contribution in [0.5, 0.6) is 0 Å². The summed E-state index contributed by atoms with van der Waals surface area (Å²) in [5.41, 5.74) is 26.7. The van der Waals surface area contributed by atoms with Crippen molar-refractivity contribution in [2.45, 2.75) is 173 Å². The molecular formula is C50H88N14O10. The van der Waals surface area contributed by atoms with Crippen LogP contribution < -0.4 is 70.9 Å². The number of benzene rings is 1. The van der Waals surface area contributed by atoms with E-state index >= 15 is 0 Å². The maximum absolute atomic E-state index is 14.3. The summed E-state index contributed by atoms with van der Waals surface area (Å²) < 4.78 is 0. The molecule has 418 valence electrons. The minimum Gasteiger partial charge on any atom is -0.393 e. The molecule has 24 heteroatoms. The first kappa shape index (κ1) is 64.2. The summed E-state index contributed by atoms with van der Waals surface area (Å²) in [4.78, 5) is 126. The number of carbonyl (C=O) groups is 9. The normalized spacial score (nSPS) is 22.1. The molecule has 0 bridgehead atoms. The molecule has 0 aromatic heterocycles. The number of unbranched alkanes of at least 4 members (excludes halogenated alkanes) is 4. The van der Waals surface area contributed by atoms with Crippen molar-refractivity contribution >= 4 is 53.3 Å². The molecule has 0 radical (unpaired) electrons. The van der Waals surface area contributed by atoms with Crippen molar-refractivity contribution in [3.63, 3.8) is 0 Å². The lowest BCUT2D eigenvalue weighted by molar-refractivity contribution is -0.135. The molecule has 74 heavy (non-hydrogen) atoms. The van der Waals surface area contributed by atoms with Gasteiger partial charge < -0.3 is 70.6 Å². The molecule has 1 aromatic carbocycles.